The molecule has 2 unspecified atom stereocenters. The molecule has 0 amide bonds. The predicted octanol–water partition coefficient (Wildman–Crippen LogP) is 1.36. The van der Waals surface area contributed by atoms with Crippen LogP contribution < -0.4 is 0 Å². The Morgan fingerprint density at radius 3 is 1.58 bits per heavy atom. The number of benzene rings is 1. The van der Waals surface area contributed by atoms with Gasteiger partial charge in [-0.25, -0.2) is 14.4 Å². The van der Waals surface area contributed by atoms with E-state index in [-0.39, 0.29) is 48.7 Å². The standard InChI is InChI=1S/C18H20O8/c1-2-3-22-16(19)11-4-12(17(20)25-9-14-7-23-14)6-13(5-11)18(21)26-10-15-8-24-15/h4-6,14-15H,2-3,7-10H2,1H3. The minimum atomic E-state index is -0.648. The minimum Gasteiger partial charge on any atom is -0.462 e. The van der Waals surface area contributed by atoms with Gasteiger partial charge in [0, 0.05) is 0 Å². The van der Waals surface area contributed by atoms with Crippen LogP contribution in [0.15, 0.2) is 18.2 Å². The van der Waals surface area contributed by atoms with Crippen LogP contribution in [0.1, 0.15) is 44.4 Å². The van der Waals surface area contributed by atoms with Crippen LogP contribution in [0.3, 0.4) is 0 Å². The third kappa shape index (κ3) is 5.27. The van der Waals surface area contributed by atoms with Gasteiger partial charge in [-0.3, -0.25) is 0 Å². The molecule has 2 aliphatic heterocycles. The SMILES string of the molecule is CCCOC(=O)c1cc(C(=O)OCC2CO2)cc(C(=O)OCC2CO2)c1. The second-order valence-electron chi connectivity index (χ2n) is 6.04. The molecule has 140 valence electrons. The number of rotatable bonds is 9. The number of esters is 3. The van der Waals surface area contributed by atoms with Crippen LogP contribution in [0.4, 0.5) is 0 Å². The van der Waals surface area contributed by atoms with Crippen LogP contribution in [-0.4, -0.2) is 63.2 Å². The molecule has 0 radical (unpaired) electrons. The quantitative estimate of drug-likeness (QED) is 0.368. The van der Waals surface area contributed by atoms with E-state index in [1.165, 1.54) is 18.2 Å². The summed E-state index contributed by atoms with van der Waals surface area (Å²) < 4.78 is 25.3. The lowest BCUT2D eigenvalue weighted by Crippen LogP contribution is -2.16. The van der Waals surface area contributed by atoms with Crippen molar-refractivity contribution in [3.05, 3.63) is 34.9 Å². The van der Waals surface area contributed by atoms with E-state index in [0.29, 0.717) is 19.6 Å². The largest absolute Gasteiger partial charge is 0.462 e. The number of hydrogen-bond acceptors (Lipinski definition) is 8. The molecule has 0 aromatic heterocycles. The average molecular weight is 364 g/mol. The summed E-state index contributed by atoms with van der Waals surface area (Å²) in [6, 6.07) is 4.02. The highest BCUT2D eigenvalue weighted by Gasteiger charge is 2.27. The summed E-state index contributed by atoms with van der Waals surface area (Å²) in [5.41, 5.74) is 0.239. The minimum absolute atomic E-state index is 0.0752. The first-order chi connectivity index (χ1) is 12.6. The monoisotopic (exact) mass is 364 g/mol. The van der Waals surface area contributed by atoms with Crippen molar-refractivity contribution in [2.75, 3.05) is 33.0 Å². The van der Waals surface area contributed by atoms with Crippen LogP contribution in [0, 0.1) is 0 Å². The molecule has 2 saturated heterocycles. The van der Waals surface area contributed by atoms with Crippen molar-refractivity contribution in [3.8, 4) is 0 Å². The van der Waals surface area contributed by atoms with Gasteiger partial charge in [0.05, 0.1) is 36.5 Å². The molecule has 1 aromatic rings. The molecule has 8 heteroatoms. The summed E-state index contributed by atoms with van der Waals surface area (Å²) in [6.07, 6.45) is 0.491. The summed E-state index contributed by atoms with van der Waals surface area (Å²) in [4.78, 5) is 36.6. The van der Waals surface area contributed by atoms with Crippen LogP contribution in [0.25, 0.3) is 0 Å². The van der Waals surface area contributed by atoms with Gasteiger partial charge in [0.25, 0.3) is 0 Å². The summed E-state index contributed by atoms with van der Waals surface area (Å²) in [7, 11) is 0. The van der Waals surface area contributed by atoms with E-state index in [9.17, 15) is 14.4 Å². The Morgan fingerprint density at radius 1 is 0.846 bits per heavy atom. The van der Waals surface area contributed by atoms with E-state index in [0.717, 1.165) is 0 Å². The normalized spacial score (nSPS) is 20.2. The molecule has 0 aliphatic carbocycles. The van der Waals surface area contributed by atoms with Crippen molar-refractivity contribution in [2.45, 2.75) is 25.6 Å². The molecule has 1 aromatic carbocycles. The molecule has 2 fully saturated rings. The maximum atomic E-state index is 12.2. The van der Waals surface area contributed by atoms with Crippen LogP contribution in [0.5, 0.6) is 0 Å². The van der Waals surface area contributed by atoms with Crippen LogP contribution >= 0.6 is 0 Å². The van der Waals surface area contributed by atoms with E-state index in [1.807, 2.05) is 6.92 Å². The molecule has 2 heterocycles. The molecular weight excluding hydrogens is 344 g/mol. The summed E-state index contributed by atoms with van der Waals surface area (Å²) in [5, 5.41) is 0. The molecule has 2 atom stereocenters. The van der Waals surface area contributed by atoms with E-state index in [4.69, 9.17) is 23.7 Å². The van der Waals surface area contributed by atoms with Crippen LogP contribution in [-0.2, 0) is 23.7 Å². The van der Waals surface area contributed by atoms with Gasteiger partial charge >= 0.3 is 17.9 Å². The fraction of sp³-hybridized carbons (Fsp3) is 0.500. The Labute approximate surface area is 150 Å². The Kier molecular flexibility index (Phi) is 5.85. The number of carbonyl (C=O) groups excluding carboxylic acids is 3. The summed E-state index contributed by atoms with van der Waals surface area (Å²) in [6.45, 7) is 3.47. The van der Waals surface area contributed by atoms with Gasteiger partial charge in [0.15, 0.2) is 0 Å². The first kappa shape index (κ1) is 18.3. The van der Waals surface area contributed by atoms with E-state index >= 15 is 0 Å². The number of hydrogen-bond donors (Lipinski definition) is 0. The van der Waals surface area contributed by atoms with Gasteiger partial charge in [0.2, 0.25) is 0 Å². The zero-order chi connectivity index (χ0) is 18.5. The zero-order valence-corrected chi connectivity index (χ0v) is 14.4. The van der Waals surface area contributed by atoms with Crippen molar-refractivity contribution in [1.82, 2.24) is 0 Å². The molecule has 3 rings (SSSR count). The summed E-state index contributed by atoms with van der Waals surface area (Å²) in [5.74, 6) is -1.91. The van der Waals surface area contributed by atoms with Crippen molar-refractivity contribution in [2.24, 2.45) is 0 Å². The van der Waals surface area contributed by atoms with Gasteiger partial charge in [-0.1, -0.05) is 6.92 Å². The Hall–Kier alpha value is -2.45. The van der Waals surface area contributed by atoms with Gasteiger partial charge in [-0.2, -0.15) is 0 Å². The number of epoxide rings is 2. The molecule has 0 N–H and O–H groups in total. The fourth-order valence-corrected chi connectivity index (χ4v) is 2.09. The smallest absolute Gasteiger partial charge is 0.338 e. The van der Waals surface area contributed by atoms with E-state index in [1.54, 1.807) is 0 Å². The third-order valence-corrected chi connectivity index (χ3v) is 3.68. The third-order valence-electron chi connectivity index (χ3n) is 3.68. The van der Waals surface area contributed by atoms with E-state index < -0.39 is 17.9 Å². The van der Waals surface area contributed by atoms with Gasteiger partial charge < -0.3 is 23.7 Å². The molecular formula is C18H20O8. The van der Waals surface area contributed by atoms with E-state index in [2.05, 4.69) is 0 Å². The maximum Gasteiger partial charge on any atom is 0.338 e. The first-order valence-electron chi connectivity index (χ1n) is 8.46. The van der Waals surface area contributed by atoms with Crippen molar-refractivity contribution in [3.63, 3.8) is 0 Å². The van der Waals surface area contributed by atoms with Gasteiger partial charge in [-0.15, -0.1) is 0 Å². The molecule has 26 heavy (non-hydrogen) atoms. The topological polar surface area (TPSA) is 104 Å². The van der Waals surface area contributed by atoms with Crippen LogP contribution in [0.2, 0.25) is 0 Å². The predicted molar refractivity (Wildman–Crippen MR) is 87.1 cm³/mol. The molecule has 2 aliphatic rings. The maximum absolute atomic E-state index is 12.2. The highest BCUT2D eigenvalue weighted by molar-refractivity contribution is 6.00. The number of ether oxygens (including phenoxy) is 5. The lowest BCUT2D eigenvalue weighted by atomic mass is 10.1. The molecule has 0 bridgehead atoms. The average Bonchev–Trinajstić information content (AvgIpc) is 3.56. The highest BCUT2D eigenvalue weighted by Crippen LogP contribution is 2.17. The second kappa shape index (κ2) is 8.29. The lowest BCUT2D eigenvalue weighted by Gasteiger charge is -2.09. The molecule has 0 saturated carbocycles. The van der Waals surface area contributed by atoms with Crippen molar-refractivity contribution < 1.29 is 38.1 Å². The van der Waals surface area contributed by atoms with Gasteiger partial charge in [0.1, 0.15) is 25.4 Å². The second-order valence-corrected chi connectivity index (χ2v) is 6.04. The molecule has 0 spiro atoms. The Morgan fingerprint density at radius 2 is 1.23 bits per heavy atom. The highest BCUT2D eigenvalue weighted by atomic mass is 16.6. The Balaban J connectivity index is 1.75. The summed E-state index contributed by atoms with van der Waals surface area (Å²) >= 11 is 0. The zero-order valence-electron chi connectivity index (χ0n) is 14.4. The fourth-order valence-electron chi connectivity index (χ4n) is 2.09. The number of carbonyl (C=O) groups is 3. The van der Waals surface area contributed by atoms with Crippen molar-refractivity contribution >= 4 is 17.9 Å². The Bertz CT molecular complexity index is 644. The van der Waals surface area contributed by atoms with Crippen molar-refractivity contribution in [1.29, 1.82) is 0 Å². The molecule has 8 nitrogen and oxygen atoms in total. The van der Waals surface area contributed by atoms with Gasteiger partial charge in [-0.05, 0) is 24.6 Å². The lowest BCUT2D eigenvalue weighted by molar-refractivity contribution is 0.0473. The first-order valence-corrected chi connectivity index (χ1v) is 8.46.